The van der Waals surface area contributed by atoms with Crippen molar-refractivity contribution >= 4 is 11.9 Å². The lowest BCUT2D eigenvalue weighted by Gasteiger charge is -2.07. The fourth-order valence-corrected chi connectivity index (χ4v) is 0.895. The van der Waals surface area contributed by atoms with Crippen LogP contribution in [0.2, 0.25) is 0 Å². The number of carboxylic acids is 1. The summed E-state index contributed by atoms with van der Waals surface area (Å²) in [5.41, 5.74) is 0. The monoisotopic (exact) mass is 213 g/mol. The SMILES string of the molecule is O=C(Cn1cccn1)NCC(O)C(=O)O. The summed E-state index contributed by atoms with van der Waals surface area (Å²) in [7, 11) is 0. The molecule has 0 aliphatic heterocycles. The number of aliphatic carboxylic acids is 1. The van der Waals surface area contributed by atoms with Crippen LogP contribution in [0.15, 0.2) is 18.5 Å². The standard InChI is InChI=1S/C8H11N3O4/c12-6(8(14)15)4-9-7(13)5-11-3-1-2-10-11/h1-3,6,12H,4-5H2,(H,9,13)(H,14,15). The lowest BCUT2D eigenvalue weighted by Crippen LogP contribution is -2.38. The highest BCUT2D eigenvalue weighted by molar-refractivity contribution is 5.77. The first-order valence-electron chi connectivity index (χ1n) is 4.24. The van der Waals surface area contributed by atoms with Crippen LogP contribution in [0, 0.1) is 0 Å². The molecule has 0 radical (unpaired) electrons. The maximum Gasteiger partial charge on any atom is 0.334 e. The molecule has 3 N–H and O–H groups in total. The Balaban J connectivity index is 2.28. The third-order valence-electron chi connectivity index (χ3n) is 1.64. The highest BCUT2D eigenvalue weighted by atomic mass is 16.4. The molecule has 0 aromatic carbocycles. The third-order valence-corrected chi connectivity index (χ3v) is 1.64. The van der Waals surface area contributed by atoms with Gasteiger partial charge in [0.15, 0.2) is 6.10 Å². The van der Waals surface area contributed by atoms with Crippen molar-refractivity contribution in [3.63, 3.8) is 0 Å². The van der Waals surface area contributed by atoms with Crippen LogP contribution in [0.3, 0.4) is 0 Å². The molecule has 1 aromatic heterocycles. The number of carboxylic acid groups (broad SMARTS) is 1. The Kier molecular flexibility index (Phi) is 3.81. The Bertz CT molecular complexity index is 336. The van der Waals surface area contributed by atoms with Crippen molar-refractivity contribution in [1.29, 1.82) is 0 Å². The van der Waals surface area contributed by atoms with Crippen LogP contribution in [-0.2, 0) is 16.1 Å². The van der Waals surface area contributed by atoms with Crippen LogP contribution in [-0.4, -0.2) is 44.5 Å². The molecule has 0 fully saturated rings. The first-order chi connectivity index (χ1) is 7.09. The number of aliphatic hydroxyl groups excluding tert-OH is 1. The van der Waals surface area contributed by atoms with Gasteiger partial charge in [-0.2, -0.15) is 5.10 Å². The number of hydrogen-bond acceptors (Lipinski definition) is 4. The smallest absolute Gasteiger partial charge is 0.334 e. The van der Waals surface area contributed by atoms with Crippen molar-refractivity contribution in [2.24, 2.45) is 0 Å². The Hall–Kier alpha value is -1.89. The van der Waals surface area contributed by atoms with E-state index in [0.717, 1.165) is 0 Å². The van der Waals surface area contributed by atoms with Crippen LogP contribution < -0.4 is 5.32 Å². The molecule has 1 aromatic rings. The predicted octanol–water partition coefficient (Wildman–Crippen LogP) is -1.56. The van der Waals surface area contributed by atoms with Crippen LogP contribution >= 0.6 is 0 Å². The molecule has 0 saturated heterocycles. The van der Waals surface area contributed by atoms with Crippen molar-refractivity contribution < 1.29 is 19.8 Å². The minimum absolute atomic E-state index is 0.000656. The van der Waals surface area contributed by atoms with E-state index in [1.807, 2.05) is 0 Å². The zero-order chi connectivity index (χ0) is 11.3. The van der Waals surface area contributed by atoms with E-state index in [1.54, 1.807) is 12.3 Å². The van der Waals surface area contributed by atoms with Gasteiger partial charge >= 0.3 is 5.97 Å². The summed E-state index contributed by atoms with van der Waals surface area (Å²) in [6.07, 6.45) is 1.55. The van der Waals surface area contributed by atoms with Gasteiger partial charge in [-0.3, -0.25) is 9.48 Å². The molecule has 0 bridgehead atoms. The molecule has 1 rings (SSSR count). The molecule has 0 aliphatic rings. The average molecular weight is 213 g/mol. The van der Waals surface area contributed by atoms with Crippen LogP contribution in [0.5, 0.6) is 0 Å². The number of aromatic nitrogens is 2. The summed E-state index contributed by atoms with van der Waals surface area (Å²) in [5.74, 6) is -1.77. The maximum absolute atomic E-state index is 11.2. The Morgan fingerprint density at radius 2 is 2.27 bits per heavy atom. The Labute approximate surface area is 85.3 Å². The topological polar surface area (TPSA) is 104 Å². The van der Waals surface area contributed by atoms with Crippen molar-refractivity contribution in [3.8, 4) is 0 Å². The van der Waals surface area contributed by atoms with Crippen LogP contribution in [0.1, 0.15) is 0 Å². The fraction of sp³-hybridized carbons (Fsp3) is 0.375. The van der Waals surface area contributed by atoms with Gasteiger partial charge in [0.2, 0.25) is 5.91 Å². The number of aliphatic hydroxyl groups is 1. The molecular weight excluding hydrogens is 202 g/mol. The van der Waals surface area contributed by atoms with Crippen molar-refractivity contribution in [1.82, 2.24) is 15.1 Å². The third kappa shape index (κ3) is 3.77. The summed E-state index contributed by atoms with van der Waals surface area (Å²) in [6, 6.07) is 1.67. The zero-order valence-corrected chi connectivity index (χ0v) is 7.83. The van der Waals surface area contributed by atoms with Gasteiger partial charge in [-0.15, -0.1) is 0 Å². The van der Waals surface area contributed by atoms with Crippen LogP contribution in [0.4, 0.5) is 0 Å². The predicted molar refractivity (Wildman–Crippen MR) is 48.9 cm³/mol. The lowest BCUT2D eigenvalue weighted by atomic mass is 10.3. The molecule has 82 valence electrons. The van der Waals surface area contributed by atoms with E-state index < -0.39 is 18.0 Å². The highest BCUT2D eigenvalue weighted by Gasteiger charge is 2.13. The number of rotatable bonds is 5. The quantitative estimate of drug-likeness (QED) is 0.549. The molecule has 1 amide bonds. The summed E-state index contributed by atoms with van der Waals surface area (Å²) < 4.78 is 1.39. The Morgan fingerprint density at radius 3 is 2.80 bits per heavy atom. The minimum atomic E-state index is -1.58. The number of carbonyl (C=O) groups excluding carboxylic acids is 1. The van der Waals surface area contributed by atoms with Gasteiger partial charge in [0.25, 0.3) is 0 Å². The van der Waals surface area contributed by atoms with E-state index in [4.69, 9.17) is 10.2 Å². The fourth-order valence-electron chi connectivity index (χ4n) is 0.895. The largest absolute Gasteiger partial charge is 0.479 e. The summed E-state index contributed by atoms with van der Waals surface area (Å²) >= 11 is 0. The number of amides is 1. The second-order valence-electron chi connectivity index (χ2n) is 2.86. The molecule has 0 saturated carbocycles. The first kappa shape index (κ1) is 11.2. The molecule has 1 heterocycles. The van der Waals surface area contributed by atoms with Crippen molar-refractivity contribution in [2.45, 2.75) is 12.6 Å². The molecular formula is C8H11N3O4. The molecule has 15 heavy (non-hydrogen) atoms. The van der Waals surface area contributed by atoms with Gasteiger partial charge in [-0.25, -0.2) is 4.79 Å². The number of nitrogens with zero attached hydrogens (tertiary/aromatic N) is 2. The lowest BCUT2D eigenvalue weighted by molar-refractivity contribution is -0.146. The van der Waals surface area contributed by atoms with E-state index in [2.05, 4.69) is 10.4 Å². The van der Waals surface area contributed by atoms with E-state index in [0.29, 0.717) is 0 Å². The minimum Gasteiger partial charge on any atom is -0.479 e. The van der Waals surface area contributed by atoms with Crippen molar-refractivity contribution in [2.75, 3.05) is 6.54 Å². The first-order valence-corrected chi connectivity index (χ1v) is 4.24. The van der Waals surface area contributed by atoms with Gasteiger partial charge in [-0.05, 0) is 6.07 Å². The highest BCUT2D eigenvalue weighted by Crippen LogP contribution is 1.85. The van der Waals surface area contributed by atoms with E-state index in [1.165, 1.54) is 10.9 Å². The second kappa shape index (κ2) is 5.11. The van der Waals surface area contributed by atoms with Gasteiger partial charge in [0.1, 0.15) is 6.54 Å². The molecule has 7 heteroatoms. The summed E-state index contributed by atoms with van der Waals surface area (Å²) in [6.45, 7) is -0.311. The van der Waals surface area contributed by atoms with Crippen molar-refractivity contribution in [3.05, 3.63) is 18.5 Å². The number of nitrogens with one attached hydrogen (secondary N) is 1. The molecule has 7 nitrogen and oxygen atoms in total. The molecule has 1 atom stereocenters. The Morgan fingerprint density at radius 1 is 1.53 bits per heavy atom. The molecule has 0 spiro atoms. The van der Waals surface area contributed by atoms with E-state index >= 15 is 0 Å². The summed E-state index contributed by atoms with van der Waals surface area (Å²) in [4.78, 5) is 21.4. The van der Waals surface area contributed by atoms with E-state index in [9.17, 15) is 9.59 Å². The average Bonchev–Trinajstić information content (AvgIpc) is 2.66. The second-order valence-corrected chi connectivity index (χ2v) is 2.86. The number of carbonyl (C=O) groups is 2. The van der Waals surface area contributed by atoms with Gasteiger partial charge in [0, 0.05) is 12.4 Å². The maximum atomic E-state index is 11.2. The van der Waals surface area contributed by atoms with Gasteiger partial charge in [-0.1, -0.05) is 0 Å². The normalized spacial score (nSPS) is 12.1. The molecule has 0 aliphatic carbocycles. The van der Waals surface area contributed by atoms with Crippen LogP contribution in [0.25, 0.3) is 0 Å². The molecule has 1 unspecified atom stereocenters. The van der Waals surface area contributed by atoms with Gasteiger partial charge < -0.3 is 15.5 Å². The van der Waals surface area contributed by atoms with Gasteiger partial charge in [0.05, 0.1) is 6.54 Å². The summed E-state index contributed by atoms with van der Waals surface area (Å²) in [5, 5.41) is 23.3. The number of hydrogen-bond donors (Lipinski definition) is 3. The van der Waals surface area contributed by atoms with E-state index in [-0.39, 0.29) is 13.1 Å². The zero-order valence-electron chi connectivity index (χ0n) is 7.83.